The quantitative estimate of drug-likeness (QED) is 0.635. The maximum Gasteiger partial charge on any atom is 0.268 e. The van der Waals surface area contributed by atoms with Crippen LogP contribution in [0.3, 0.4) is 0 Å². The van der Waals surface area contributed by atoms with Gasteiger partial charge in [0.2, 0.25) is 5.92 Å². The van der Waals surface area contributed by atoms with Gasteiger partial charge in [0.25, 0.3) is 5.91 Å². The van der Waals surface area contributed by atoms with Crippen LogP contribution in [0.2, 0.25) is 0 Å². The average molecular weight is 443 g/mol. The standard InChI is InChI=1S/C23H27F2N5O2/c1-22(2,3)18-11-16(30(29-18)12-13-4-7-23(24,25)8-5-13)15-10-17(31)19-14(28-15)6-9-27-20(19)21(26)32/h6,9-11,13H,4-5,7-8,12H2,1-3H3,(H2,26,32)(H,28,31). The summed E-state index contributed by atoms with van der Waals surface area (Å²) in [4.78, 5) is 31.7. The third kappa shape index (κ3) is 4.28. The molecule has 3 N–H and O–H groups in total. The fourth-order valence-corrected chi connectivity index (χ4v) is 4.19. The maximum atomic E-state index is 13.6. The van der Waals surface area contributed by atoms with Gasteiger partial charge in [-0.15, -0.1) is 0 Å². The normalized spacial score (nSPS) is 17.0. The number of nitrogens with zero attached hydrogens (tertiary/aromatic N) is 3. The average Bonchev–Trinajstić information content (AvgIpc) is 3.13. The number of aromatic nitrogens is 4. The molecule has 0 aliphatic heterocycles. The molecule has 4 rings (SSSR count). The molecule has 0 unspecified atom stereocenters. The van der Waals surface area contributed by atoms with E-state index in [1.165, 1.54) is 12.3 Å². The number of halogens is 2. The summed E-state index contributed by atoms with van der Waals surface area (Å²) in [6.45, 7) is 6.61. The van der Waals surface area contributed by atoms with Gasteiger partial charge in [0.15, 0.2) is 5.43 Å². The fraction of sp³-hybridized carbons (Fsp3) is 0.478. The number of carbonyl (C=O) groups excluding carboxylic acids is 1. The Balaban J connectivity index is 1.79. The first-order valence-corrected chi connectivity index (χ1v) is 10.7. The summed E-state index contributed by atoms with van der Waals surface area (Å²) >= 11 is 0. The fourth-order valence-electron chi connectivity index (χ4n) is 4.19. The topological polar surface area (TPSA) is 107 Å². The molecular formula is C23H27F2N5O2. The molecule has 0 bridgehead atoms. The molecule has 1 aliphatic carbocycles. The largest absolute Gasteiger partial charge is 0.364 e. The van der Waals surface area contributed by atoms with Crippen LogP contribution in [0.1, 0.15) is 62.6 Å². The van der Waals surface area contributed by atoms with E-state index in [0.29, 0.717) is 36.3 Å². The first-order chi connectivity index (χ1) is 14.9. The van der Waals surface area contributed by atoms with Gasteiger partial charge in [0, 0.05) is 37.1 Å². The molecule has 0 radical (unpaired) electrons. The molecule has 9 heteroatoms. The number of fused-ring (bicyclic) bond motifs is 1. The van der Waals surface area contributed by atoms with Gasteiger partial charge >= 0.3 is 0 Å². The Morgan fingerprint density at radius 2 is 1.97 bits per heavy atom. The highest BCUT2D eigenvalue weighted by atomic mass is 19.3. The number of pyridine rings is 2. The molecule has 3 aromatic heterocycles. The van der Waals surface area contributed by atoms with Gasteiger partial charge in [-0.2, -0.15) is 5.10 Å². The molecule has 170 valence electrons. The van der Waals surface area contributed by atoms with Crippen molar-refractivity contribution in [1.82, 2.24) is 19.7 Å². The summed E-state index contributed by atoms with van der Waals surface area (Å²) in [5, 5.41) is 4.90. The molecule has 1 aliphatic rings. The minimum Gasteiger partial charge on any atom is -0.364 e. The van der Waals surface area contributed by atoms with Crippen LogP contribution in [-0.4, -0.2) is 31.6 Å². The zero-order chi connectivity index (χ0) is 23.3. The highest BCUT2D eigenvalue weighted by Crippen LogP contribution is 2.37. The highest BCUT2D eigenvalue weighted by molar-refractivity contribution is 6.03. The van der Waals surface area contributed by atoms with Crippen molar-refractivity contribution in [2.45, 2.75) is 64.3 Å². The minimum absolute atomic E-state index is 0.0812. The number of alkyl halides is 2. The first-order valence-electron chi connectivity index (χ1n) is 10.7. The Morgan fingerprint density at radius 3 is 2.59 bits per heavy atom. The van der Waals surface area contributed by atoms with Crippen molar-refractivity contribution in [3.63, 3.8) is 0 Å². The van der Waals surface area contributed by atoms with Crippen molar-refractivity contribution in [2.75, 3.05) is 0 Å². The van der Waals surface area contributed by atoms with Crippen LogP contribution >= 0.6 is 0 Å². The number of rotatable bonds is 4. The van der Waals surface area contributed by atoms with E-state index in [2.05, 4.69) is 9.97 Å². The van der Waals surface area contributed by atoms with Gasteiger partial charge in [-0.25, -0.2) is 8.78 Å². The zero-order valence-corrected chi connectivity index (χ0v) is 18.4. The molecule has 3 heterocycles. The molecular weight excluding hydrogens is 416 g/mol. The van der Waals surface area contributed by atoms with Gasteiger partial charge in [0.1, 0.15) is 5.69 Å². The number of primary amides is 1. The number of amides is 1. The lowest BCUT2D eigenvalue weighted by Gasteiger charge is -2.28. The number of H-pyrrole nitrogens is 1. The van der Waals surface area contributed by atoms with Gasteiger partial charge in [-0.05, 0) is 30.9 Å². The molecule has 1 amide bonds. The van der Waals surface area contributed by atoms with E-state index >= 15 is 0 Å². The van der Waals surface area contributed by atoms with Crippen molar-refractivity contribution >= 4 is 16.8 Å². The number of hydrogen-bond acceptors (Lipinski definition) is 4. The Labute approximate surface area is 184 Å². The van der Waals surface area contributed by atoms with E-state index in [1.54, 1.807) is 6.07 Å². The summed E-state index contributed by atoms with van der Waals surface area (Å²) in [7, 11) is 0. The lowest BCUT2D eigenvalue weighted by molar-refractivity contribution is -0.0476. The number of nitrogens with two attached hydrogens (primary N) is 1. The van der Waals surface area contributed by atoms with Crippen LogP contribution in [0, 0.1) is 5.92 Å². The SMILES string of the molecule is CC(C)(C)c1cc(-c2cc(=O)c3c(C(N)=O)nccc3[nH]2)n(CC2CCC(F)(F)CC2)n1. The predicted octanol–water partition coefficient (Wildman–Crippen LogP) is 4.01. The van der Waals surface area contributed by atoms with Crippen molar-refractivity contribution in [3.8, 4) is 11.4 Å². The first kappa shape index (κ1) is 22.1. The predicted molar refractivity (Wildman–Crippen MR) is 118 cm³/mol. The van der Waals surface area contributed by atoms with E-state index < -0.39 is 11.8 Å². The second-order valence-electron chi connectivity index (χ2n) is 9.64. The summed E-state index contributed by atoms with van der Waals surface area (Å²) in [5.74, 6) is -3.28. The van der Waals surface area contributed by atoms with E-state index in [1.807, 2.05) is 31.5 Å². The molecule has 32 heavy (non-hydrogen) atoms. The second kappa shape index (κ2) is 7.79. The summed E-state index contributed by atoms with van der Waals surface area (Å²) < 4.78 is 29.0. The molecule has 0 spiro atoms. The molecule has 7 nitrogen and oxygen atoms in total. The minimum atomic E-state index is -2.59. The van der Waals surface area contributed by atoms with Gasteiger partial charge in [-0.3, -0.25) is 19.3 Å². The van der Waals surface area contributed by atoms with Crippen LogP contribution in [0.25, 0.3) is 22.3 Å². The number of hydrogen-bond donors (Lipinski definition) is 2. The molecule has 0 atom stereocenters. The van der Waals surface area contributed by atoms with Crippen LogP contribution in [0.4, 0.5) is 8.78 Å². The van der Waals surface area contributed by atoms with Gasteiger partial charge in [-0.1, -0.05) is 20.8 Å². The number of nitrogens with one attached hydrogen (secondary N) is 1. The highest BCUT2D eigenvalue weighted by Gasteiger charge is 2.35. The Hall–Kier alpha value is -3.10. The Bertz CT molecular complexity index is 1230. The van der Waals surface area contributed by atoms with Crippen molar-refractivity contribution in [3.05, 3.63) is 46.0 Å². The van der Waals surface area contributed by atoms with E-state index in [4.69, 9.17) is 10.8 Å². The maximum absolute atomic E-state index is 13.6. The summed E-state index contributed by atoms with van der Waals surface area (Å²) in [5.41, 5.74) is 7.19. The molecule has 0 aromatic carbocycles. The lowest BCUT2D eigenvalue weighted by Crippen LogP contribution is -2.27. The second-order valence-corrected chi connectivity index (χ2v) is 9.64. The van der Waals surface area contributed by atoms with Crippen LogP contribution < -0.4 is 11.2 Å². The summed E-state index contributed by atoms with van der Waals surface area (Å²) in [6.07, 6.45) is 2.05. The van der Waals surface area contributed by atoms with Crippen LogP contribution in [-0.2, 0) is 12.0 Å². The van der Waals surface area contributed by atoms with Crippen molar-refractivity contribution in [2.24, 2.45) is 11.7 Å². The van der Waals surface area contributed by atoms with Gasteiger partial charge < -0.3 is 10.7 Å². The van der Waals surface area contributed by atoms with E-state index in [9.17, 15) is 18.4 Å². The Morgan fingerprint density at radius 1 is 1.28 bits per heavy atom. The molecule has 1 fully saturated rings. The smallest absolute Gasteiger partial charge is 0.268 e. The third-order valence-corrected chi connectivity index (χ3v) is 6.07. The van der Waals surface area contributed by atoms with E-state index in [0.717, 1.165) is 5.69 Å². The third-order valence-electron chi connectivity index (χ3n) is 6.07. The van der Waals surface area contributed by atoms with Crippen LogP contribution in [0.5, 0.6) is 0 Å². The van der Waals surface area contributed by atoms with Crippen molar-refractivity contribution < 1.29 is 13.6 Å². The number of aromatic amines is 1. The molecule has 3 aromatic rings. The molecule has 1 saturated carbocycles. The molecule has 0 saturated heterocycles. The van der Waals surface area contributed by atoms with Crippen LogP contribution in [0.15, 0.2) is 29.2 Å². The monoisotopic (exact) mass is 443 g/mol. The van der Waals surface area contributed by atoms with Gasteiger partial charge in [0.05, 0.1) is 28.0 Å². The Kier molecular flexibility index (Phi) is 5.38. The van der Waals surface area contributed by atoms with Crippen molar-refractivity contribution in [1.29, 1.82) is 0 Å². The zero-order valence-electron chi connectivity index (χ0n) is 18.4. The lowest BCUT2D eigenvalue weighted by atomic mass is 9.87. The summed E-state index contributed by atoms with van der Waals surface area (Å²) in [6, 6.07) is 4.94. The van der Waals surface area contributed by atoms with E-state index in [-0.39, 0.29) is 40.7 Å². The number of carbonyl (C=O) groups is 1.